The molecule has 0 amide bonds. The molecule has 0 spiro atoms. The zero-order valence-corrected chi connectivity index (χ0v) is 12.1. The molecule has 0 aliphatic rings. The van der Waals surface area contributed by atoms with Gasteiger partial charge in [-0.2, -0.15) is 0 Å². The monoisotopic (exact) mass is 343 g/mol. The number of nitrogens with zero attached hydrogens (tertiary/aromatic N) is 1. The molecule has 1 heterocycles. The van der Waals surface area contributed by atoms with Crippen molar-refractivity contribution in [1.82, 2.24) is 4.98 Å². The molecule has 1 aromatic carbocycles. The van der Waals surface area contributed by atoms with Crippen LogP contribution >= 0.6 is 39.3 Å². The number of aromatic nitrogens is 1. The Kier molecular flexibility index (Phi) is 4.27. The van der Waals surface area contributed by atoms with Gasteiger partial charge in [-0.05, 0) is 36.4 Å². The highest BCUT2D eigenvalue weighted by molar-refractivity contribution is 9.10. The SMILES string of the molecule is O=C(O)c1nc(Sc2ccc(Br)cc2)ccc1Cl. The maximum atomic E-state index is 10.9. The lowest BCUT2D eigenvalue weighted by atomic mass is 10.3. The van der Waals surface area contributed by atoms with Crippen LogP contribution in [0.1, 0.15) is 10.5 Å². The number of halogens is 2. The van der Waals surface area contributed by atoms with Gasteiger partial charge in [-0.1, -0.05) is 39.3 Å². The molecular weight excluding hydrogens is 338 g/mol. The predicted octanol–water partition coefficient (Wildman–Crippen LogP) is 4.35. The van der Waals surface area contributed by atoms with Crippen LogP contribution in [0.25, 0.3) is 0 Å². The Morgan fingerprint density at radius 3 is 2.50 bits per heavy atom. The molecule has 6 heteroatoms. The van der Waals surface area contributed by atoms with E-state index < -0.39 is 5.97 Å². The summed E-state index contributed by atoms with van der Waals surface area (Å²) in [6.07, 6.45) is 0. The lowest BCUT2D eigenvalue weighted by molar-refractivity contribution is 0.0690. The average Bonchev–Trinajstić information content (AvgIpc) is 2.34. The molecule has 1 aromatic heterocycles. The van der Waals surface area contributed by atoms with Crippen molar-refractivity contribution < 1.29 is 9.90 Å². The van der Waals surface area contributed by atoms with Crippen LogP contribution in [-0.4, -0.2) is 16.1 Å². The van der Waals surface area contributed by atoms with Crippen LogP contribution in [0.4, 0.5) is 0 Å². The number of benzene rings is 1. The van der Waals surface area contributed by atoms with Crippen LogP contribution in [0.2, 0.25) is 5.02 Å². The molecule has 0 aliphatic heterocycles. The smallest absolute Gasteiger partial charge is 0.356 e. The summed E-state index contributed by atoms with van der Waals surface area (Å²) in [5.41, 5.74) is -0.126. The molecule has 0 saturated carbocycles. The fraction of sp³-hybridized carbons (Fsp3) is 0. The Balaban J connectivity index is 2.27. The number of rotatable bonds is 3. The van der Waals surface area contributed by atoms with Gasteiger partial charge in [0.2, 0.25) is 0 Å². The van der Waals surface area contributed by atoms with Crippen LogP contribution in [0.3, 0.4) is 0 Å². The fourth-order valence-electron chi connectivity index (χ4n) is 1.25. The van der Waals surface area contributed by atoms with Gasteiger partial charge >= 0.3 is 5.97 Å². The van der Waals surface area contributed by atoms with E-state index in [1.807, 2.05) is 24.3 Å². The topological polar surface area (TPSA) is 50.2 Å². The molecule has 0 saturated heterocycles. The second kappa shape index (κ2) is 5.73. The van der Waals surface area contributed by atoms with E-state index in [-0.39, 0.29) is 10.7 Å². The molecule has 18 heavy (non-hydrogen) atoms. The van der Waals surface area contributed by atoms with E-state index in [9.17, 15) is 4.79 Å². The lowest BCUT2D eigenvalue weighted by Crippen LogP contribution is -2.01. The minimum absolute atomic E-state index is 0.126. The van der Waals surface area contributed by atoms with Gasteiger partial charge in [0.1, 0.15) is 5.03 Å². The summed E-state index contributed by atoms with van der Waals surface area (Å²) in [5, 5.41) is 9.67. The second-order valence-corrected chi connectivity index (χ2v) is 5.76. The van der Waals surface area contributed by atoms with E-state index in [0.29, 0.717) is 5.03 Å². The van der Waals surface area contributed by atoms with Crippen molar-refractivity contribution in [3.05, 3.63) is 51.6 Å². The van der Waals surface area contributed by atoms with Gasteiger partial charge in [-0.15, -0.1) is 0 Å². The van der Waals surface area contributed by atoms with Gasteiger partial charge < -0.3 is 5.11 Å². The van der Waals surface area contributed by atoms with Crippen molar-refractivity contribution in [3.8, 4) is 0 Å². The van der Waals surface area contributed by atoms with Crippen LogP contribution in [0.15, 0.2) is 50.8 Å². The summed E-state index contributed by atoms with van der Waals surface area (Å²) >= 11 is 10.5. The molecule has 92 valence electrons. The van der Waals surface area contributed by atoms with Crippen LogP contribution in [0.5, 0.6) is 0 Å². The third-order valence-electron chi connectivity index (χ3n) is 2.06. The van der Waals surface area contributed by atoms with Crippen molar-refractivity contribution >= 4 is 45.3 Å². The standard InChI is InChI=1S/C12H7BrClNO2S/c13-7-1-3-8(4-2-7)18-10-6-5-9(14)11(15-10)12(16)17/h1-6H,(H,16,17). The van der Waals surface area contributed by atoms with Crippen molar-refractivity contribution in [2.24, 2.45) is 0 Å². The Labute approximate surface area is 121 Å². The fourth-order valence-corrected chi connectivity index (χ4v) is 2.49. The normalized spacial score (nSPS) is 10.3. The maximum Gasteiger partial charge on any atom is 0.356 e. The highest BCUT2D eigenvalue weighted by atomic mass is 79.9. The molecule has 0 bridgehead atoms. The number of hydrogen-bond acceptors (Lipinski definition) is 3. The van der Waals surface area contributed by atoms with Gasteiger partial charge in [0.05, 0.1) is 5.02 Å². The van der Waals surface area contributed by atoms with Crippen molar-refractivity contribution in [2.75, 3.05) is 0 Å². The highest BCUT2D eigenvalue weighted by Crippen LogP contribution is 2.28. The minimum Gasteiger partial charge on any atom is -0.476 e. The molecule has 0 fully saturated rings. The Bertz CT molecular complexity index is 589. The number of carboxylic acid groups (broad SMARTS) is 1. The van der Waals surface area contributed by atoms with Crippen molar-refractivity contribution in [2.45, 2.75) is 9.92 Å². The van der Waals surface area contributed by atoms with E-state index in [4.69, 9.17) is 16.7 Å². The molecule has 1 N–H and O–H groups in total. The first kappa shape index (κ1) is 13.4. The second-order valence-electron chi connectivity index (χ2n) is 3.34. The summed E-state index contributed by atoms with van der Waals surface area (Å²) in [7, 11) is 0. The Morgan fingerprint density at radius 2 is 1.89 bits per heavy atom. The third kappa shape index (κ3) is 3.25. The quantitative estimate of drug-likeness (QED) is 0.899. The molecule has 0 radical (unpaired) electrons. The van der Waals surface area contributed by atoms with Crippen molar-refractivity contribution in [3.63, 3.8) is 0 Å². The molecule has 3 nitrogen and oxygen atoms in total. The lowest BCUT2D eigenvalue weighted by Gasteiger charge is -2.03. The Hall–Kier alpha value is -1.04. The zero-order valence-electron chi connectivity index (χ0n) is 8.93. The number of pyridine rings is 1. The maximum absolute atomic E-state index is 10.9. The number of aromatic carboxylic acids is 1. The molecule has 0 aliphatic carbocycles. The van der Waals surface area contributed by atoms with Crippen molar-refractivity contribution in [1.29, 1.82) is 0 Å². The van der Waals surface area contributed by atoms with Gasteiger partial charge in [0.25, 0.3) is 0 Å². The van der Waals surface area contributed by atoms with Crippen LogP contribution in [0, 0.1) is 0 Å². The van der Waals surface area contributed by atoms with Gasteiger partial charge in [0, 0.05) is 9.37 Å². The van der Waals surface area contributed by atoms with Crippen LogP contribution in [-0.2, 0) is 0 Å². The van der Waals surface area contributed by atoms with Gasteiger partial charge in [0.15, 0.2) is 5.69 Å². The first-order valence-corrected chi connectivity index (χ1v) is 6.88. The summed E-state index contributed by atoms with van der Waals surface area (Å²) in [6, 6.07) is 10.9. The van der Waals surface area contributed by atoms with E-state index in [2.05, 4.69) is 20.9 Å². The molecule has 2 rings (SSSR count). The Morgan fingerprint density at radius 1 is 1.22 bits per heavy atom. The molecular formula is C12H7BrClNO2S. The highest BCUT2D eigenvalue weighted by Gasteiger charge is 2.11. The summed E-state index contributed by atoms with van der Waals surface area (Å²) in [4.78, 5) is 15.9. The van der Waals surface area contributed by atoms with E-state index in [1.165, 1.54) is 11.8 Å². The predicted molar refractivity (Wildman–Crippen MR) is 74.5 cm³/mol. The first-order chi connectivity index (χ1) is 8.56. The number of carbonyl (C=O) groups is 1. The summed E-state index contributed by atoms with van der Waals surface area (Å²) in [5.74, 6) is -1.13. The summed E-state index contributed by atoms with van der Waals surface area (Å²) < 4.78 is 0.988. The van der Waals surface area contributed by atoms with Crippen LogP contribution < -0.4 is 0 Å². The largest absolute Gasteiger partial charge is 0.476 e. The minimum atomic E-state index is -1.13. The molecule has 0 unspecified atom stereocenters. The van der Waals surface area contributed by atoms with E-state index >= 15 is 0 Å². The summed E-state index contributed by atoms with van der Waals surface area (Å²) in [6.45, 7) is 0. The van der Waals surface area contributed by atoms with E-state index in [1.54, 1.807) is 12.1 Å². The molecule has 0 atom stereocenters. The van der Waals surface area contributed by atoms with Gasteiger partial charge in [-0.3, -0.25) is 0 Å². The first-order valence-electron chi connectivity index (χ1n) is 4.89. The van der Waals surface area contributed by atoms with E-state index in [0.717, 1.165) is 9.37 Å². The third-order valence-corrected chi connectivity index (χ3v) is 3.84. The number of carboxylic acids is 1. The van der Waals surface area contributed by atoms with Gasteiger partial charge in [-0.25, -0.2) is 9.78 Å². The molecule has 2 aromatic rings. The zero-order chi connectivity index (χ0) is 13.1. The average molecular weight is 345 g/mol. The number of hydrogen-bond donors (Lipinski definition) is 1.